The zero-order chi connectivity index (χ0) is 13.1. The molecule has 0 spiro atoms. The summed E-state index contributed by atoms with van der Waals surface area (Å²) in [5.41, 5.74) is 7.87. The maximum absolute atomic E-state index is 5.96. The van der Waals surface area contributed by atoms with Crippen molar-refractivity contribution in [3.8, 4) is 0 Å². The average Bonchev–Trinajstić information content (AvgIpc) is 2.38. The molecule has 0 fully saturated rings. The summed E-state index contributed by atoms with van der Waals surface area (Å²) in [5.74, 6) is 1.32. The molecule has 3 nitrogen and oxygen atoms in total. The summed E-state index contributed by atoms with van der Waals surface area (Å²) < 4.78 is 0. The maximum atomic E-state index is 5.96. The lowest BCUT2D eigenvalue weighted by atomic mass is 9.98. The highest BCUT2D eigenvalue weighted by Crippen LogP contribution is 2.27. The third kappa shape index (κ3) is 2.55. The van der Waals surface area contributed by atoms with Crippen molar-refractivity contribution in [3.05, 3.63) is 30.6 Å². The van der Waals surface area contributed by atoms with Crippen molar-refractivity contribution in [2.24, 2.45) is 11.8 Å². The van der Waals surface area contributed by atoms with Crippen molar-refractivity contribution in [1.29, 1.82) is 0 Å². The second-order valence-corrected chi connectivity index (χ2v) is 5.23. The number of nitrogens with one attached hydrogen (secondary N) is 1. The lowest BCUT2D eigenvalue weighted by Gasteiger charge is -2.18. The molecule has 1 unspecified atom stereocenters. The topological polar surface area (TPSA) is 50.9 Å². The number of anilines is 2. The number of nitrogen functional groups attached to an aromatic ring is 1. The van der Waals surface area contributed by atoms with E-state index in [0.29, 0.717) is 11.8 Å². The molecule has 1 heterocycles. The van der Waals surface area contributed by atoms with E-state index < -0.39 is 0 Å². The standard InChI is InChI=1S/C15H21N3/c1-10(2)11(3)8-18-15-5-4-14(16)13-9-17-7-6-12(13)15/h4-7,9-11,18H,8,16H2,1-3H3. The summed E-state index contributed by atoms with van der Waals surface area (Å²) in [6.07, 6.45) is 3.63. The van der Waals surface area contributed by atoms with Crippen molar-refractivity contribution in [2.45, 2.75) is 20.8 Å². The fourth-order valence-corrected chi connectivity index (χ4v) is 1.87. The Morgan fingerprint density at radius 3 is 2.67 bits per heavy atom. The molecule has 0 saturated heterocycles. The van der Waals surface area contributed by atoms with Crippen LogP contribution in [0.25, 0.3) is 10.8 Å². The highest BCUT2D eigenvalue weighted by Gasteiger charge is 2.08. The summed E-state index contributed by atoms with van der Waals surface area (Å²) in [6.45, 7) is 7.73. The molecule has 3 heteroatoms. The molecule has 1 aromatic carbocycles. The minimum atomic E-state index is 0.638. The quantitative estimate of drug-likeness (QED) is 0.808. The summed E-state index contributed by atoms with van der Waals surface area (Å²) in [5, 5.41) is 5.67. The Hall–Kier alpha value is -1.77. The van der Waals surface area contributed by atoms with Gasteiger partial charge in [0.1, 0.15) is 0 Å². The van der Waals surface area contributed by atoms with Gasteiger partial charge in [-0.3, -0.25) is 4.98 Å². The zero-order valence-electron chi connectivity index (χ0n) is 11.3. The van der Waals surface area contributed by atoms with Gasteiger partial charge in [0.15, 0.2) is 0 Å². The molecule has 0 aliphatic heterocycles. The molecule has 0 amide bonds. The number of fused-ring (bicyclic) bond motifs is 1. The van der Waals surface area contributed by atoms with Gasteiger partial charge in [-0.15, -0.1) is 0 Å². The molecule has 2 aromatic rings. The van der Waals surface area contributed by atoms with E-state index in [1.54, 1.807) is 6.20 Å². The van der Waals surface area contributed by atoms with Crippen molar-refractivity contribution in [1.82, 2.24) is 4.98 Å². The van der Waals surface area contributed by atoms with Gasteiger partial charge in [-0.05, 0) is 30.0 Å². The van der Waals surface area contributed by atoms with E-state index in [0.717, 1.165) is 28.7 Å². The second kappa shape index (κ2) is 5.25. The first kappa shape index (κ1) is 12.7. The predicted octanol–water partition coefficient (Wildman–Crippen LogP) is 3.52. The number of benzene rings is 1. The van der Waals surface area contributed by atoms with E-state index in [1.165, 1.54) is 0 Å². The monoisotopic (exact) mass is 243 g/mol. The van der Waals surface area contributed by atoms with Crippen LogP contribution in [-0.4, -0.2) is 11.5 Å². The third-order valence-electron chi connectivity index (χ3n) is 3.60. The van der Waals surface area contributed by atoms with Crippen LogP contribution < -0.4 is 11.1 Å². The Morgan fingerprint density at radius 1 is 1.17 bits per heavy atom. The third-order valence-corrected chi connectivity index (χ3v) is 3.60. The van der Waals surface area contributed by atoms with E-state index in [4.69, 9.17) is 5.73 Å². The highest BCUT2D eigenvalue weighted by atomic mass is 14.9. The van der Waals surface area contributed by atoms with Gasteiger partial charge in [-0.1, -0.05) is 20.8 Å². The molecule has 0 saturated carbocycles. The first-order chi connectivity index (χ1) is 8.59. The molecule has 2 rings (SSSR count). The summed E-state index contributed by atoms with van der Waals surface area (Å²) in [7, 11) is 0. The maximum Gasteiger partial charge on any atom is 0.0422 e. The van der Waals surface area contributed by atoms with Crippen LogP contribution in [0, 0.1) is 11.8 Å². The Morgan fingerprint density at radius 2 is 1.94 bits per heavy atom. The molecule has 0 aliphatic rings. The number of pyridine rings is 1. The van der Waals surface area contributed by atoms with Gasteiger partial charge in [0, 0.05) is 41.1 Å². The minimum Gasteiger partial charge on any atom is -0.398 e. The van der Waals surface area contributed by atoms with E-state index >= 15 is 0 Å². The van der Waals surface area contributed by atoms with Gasteiger partial charge < -0.3 is 11.1 Å². The average molecular weight is 243 g/mol. The largest absolute Gasteiger partial charge is 0.398 e. The van der Waals surface area contributed by atoms with Crippen molar-refractivity contribution in [3.63, 3.8) is 0 Å². The number of aromatic nitrogens is 1. The predicted molar refractivity (Wildman–Crippen MR) is 78.6 cm³/mol. The molecule has 18 heavy (non-hydrogen) atoms. The molecule has 0 bridgehead atoms. The first-order valence-corrected chi connectivity index (χ1v) is 6.45. The second-order valence-electron chi connectivity index (χ2n) is 5.23. The lowest BCUT2D eigenvalue weighted by molar-refractivity contribution is 0.440. The van der Waals surface area contributed by atoms with Crippen LogP contribution in [0.3, 0.4) is 0 Å². The summed E-state index contributed by atoms with van der Waals surface area (Å²) in [6, 6.07) is 5.99. The summed E-state index contributed by atoms with van der Waals surface area (Å²) in [4.78, 5) is 4.13. The Bertz CT molecular complexity index is 534. The molecule has 96 valence electrons. The summed E-state index contributed by atoms with van der Waals surface area (Å²) >= 11 is 0. The SMILES string of the molecule is CC(C)C(C)CNc1ccc(N)c2cnccc12. The molecule has 0 aliphatic carbocycles. The smallest absolute Gasteiger partial charge is 0.0422 e. The first-order valence-electron chi connectivity index (χ1n) is 6.45. The van der Waals surface area contributed by atoms with Crippen LogP contribution in [0.1, 0.15) is 20.8 Å². The van der Waals surface area contributed by atoms with Crippen molar-refractivity contribution in [2.75, 3.05) is 17.6 Å². The fourth-order valence-electron chi connectivity index (χ4n) is 1.87. The van der Waals surface area contributed by atoms with Gasteiger partial charge in [0.05, 0.1) is 0 Å². The van der Waals surface area contributed by atoms with Crippen LogP contribution in [0.15, 0.2) is 30.6 Å². The molecule has 1 aromatic heterocycles. The van der Waals surface area contributed by atoms with Crippen LogP contribution in [0.4, 0.5) is 11.4 Å². The fraction of sp³-hybridized carbons (Fsp3) is 0.400. The van der Waals surface area contributed by atoms with E-state index in [1.807, 2.05) is 24.4 Å². The van der Waals surface area contributed by atoms with Crippen LogP contribution in [0.5, 0.6) is 0 Å². The van der Waals surface area contributed by atoms with Crippen molar-refractivity contribution < 1.29 is 0 Å². The highest BCUT2D eigenvalue weighted by molar-refractivity contribution is 6.00. The van der Waals surface area contributed by atoms with Gasteiger partial charge in [-0.2, -0.15) is 0 Å². The van der Waals surface area contributed by atoms with E-state index in [-0.39, 0.29) is 0 Å². The molecular formula is C15H21N3. The van der Waals surface area contributed by atoms with E-state index in [2.05, 4.69) is 31.1 Å². The zero-order valence-corrected chi connectivity index (χ0v) is 11.3. The van der Waals surface area contributed by atoms with Gasteiger partial charge in [0.2, 0.25) is 0 Å². The lowest BCUT2D eigenvalue weighted by Crippen LogP contribution is -2.16. The molecule has 1 atom stereocenters. The van der Waals surface area contributed by atoms with Crippen LogP contribution in [0.2, 0.25) is 0 Å². The van der Waals surface area contributed by atoms with Gasteiger partial charge >= 0.3 is 0 Å². The molecule has 0 radical (unpaired) electrons. The molecule has 3 N–H and O–H groups in total. The number of nitrogens with zero attached hydrogens (tertiary/aromatic N) is 1. The van der Waals surface area contributed by atoms with Gasteiger partial charge in [0.25, 0.3) is 0 Å². The Kier molecular flexibility index (Phi) is 3.70. The minimum absolute atomic E-state index is 0.638. The van der Waals surface area contributed by atoms with Crippen LogP contribution >= 0.6 is 0 Å². The number of hydrogen-bond donors (Lipinski definition) is 2. The Balaban J connectivity index is 2.26. The van der Waals surface area contributed by atoms with Gasteiger partial charge in [-0.25, -0.2) is 0 Å². The Labute approximate surface area is 108 Å². The number of nitrogens with two attached hydrogens (primary N) is 1. The molecular weight excluding hydrogens is 222 g/mol. The van der Waals surface area contributed by atoms with Crippen LogP contribution in [-0.2, 0) is 0 Å². The van der Waals surface area contributed by atoms with Crippen molar-refractivity contribution >= 4 is 22.1 Å². The van der Waals surface area contributed by atoms with E-state index in [9.17, 15) is 0 Å². The normalized spacial score (nSPS) is 12.9. The number of rotatable bonds is 4. The number of hydrogen-bond acceptors (Lipinski definition) is 3.